The van der Waals surface area contributed by atoms with Crippen molar-refractivity contribution in [2.24, 2.45) is 11.8 Å². The Labute approximate surface area is 108 Å². The van der Waals surface area contributed by atoms with Crippen molar-refractivity contribution in [3.63, 3.8) is 0 Å². The Kier molecular flexibility index (Phi) is 4.31. The quantitative estimate of drug-likeness (QED) is 0.615. The third-order valence-electron chi connectivity index (χ3n) is 3.96. The lowest BCUT2D eigenvalue weighted by molar-refractivity contribution is 0.141. The second-order valence-corrected chi connectivity index (χ2v) is 5.21. The van der Waals surface area contributed by atoms with E-state index in [1.54, 1.807) is 0 Å². The van der Waals surface area contributed by atoms with E-state index in [1.807, 2.05) is 18.2 Å². The lowest BCUT2D eigenvalue weighted by Gasteiger charge is -2.30. The SMILES string of the molecule is Nc1ccc(NCC2CCCCC2CO)cc1N. The molecule has 6 N–H and O–H groups in total. The van der Waals surface area contributed by atoms with Crippen molar-refractivity contribution in [1.82, 2.24) is 0 Å². The molecule has 0 amide bonds. The van der Waals surface area contributed by atoms with E-state index in [-0.39, 0.29) is 0 Å². The van der Waals surface area contributed by atoms with Gasteiger partial charge in [-0.1, -0.05) is 12.8 Å². The summed E-state index contributed by atoms with van der Waals surface area (Å²) in [4.78, 5) is 0. The highest BCUT2D eigenvalue weighted by Gasteiger charge is 2.23. The van der Waals surface area contributed by atoms with Crippen LogP contribution in [-0.4, -0.2) is 18.3 Å². The van der Waals surface area contributed by atoms with Gasteiger partial charge in [0.2, 0.25) is 0 Å². The number of aliphatic hydroxyl groups excluding tert-OH is 1. The molecule has 0 spiro atoms. The summed E-state index contributed by atoms with van der Waals surface area (Å²) in [5.41, 5.74) is 13.7. The number of nitrogen functional groups attached to an aromatic ring is 2. The lowest BCUT2D eigenvalue weighted by Crippen LogP contribution is -2.28. The first kappa shape index (κ1) is 13.0. The molecule has 2 unspecified atom stereocenters. The Morgan fingerprint density at radius 3 is 2.50 bits per heavy atom. The van der Waals surface area contributed by atoms with Gasteiger partial charge in [0.15, 0.2) is 0 Å². The molecule has 1 aliphatic rings. The summed E-state index contributed by atoms with van der Waals surface area (Å²) < 4.78 is 0. The predicted octanol–water partition coefficient (Wildman–Crippen LogP) is 2.06. The van der Waals surface area contributed by atoms with Crippen molar-refractivity contribution >= 4 is 17.1 Å². The summed E-state index contributed by atoms with van der Waals surface area (Å²) in [6.07, 6.45) is 4.86. The minimum absolute atomic E-state index is 0.302. The molecule has 1 aromatic rings. The van der Waals surface area contributed by atoms with Gasteiger partial charge in [0.25, 0.3) is 0 Å². The molecule has 0 aromatic heterocycles. The maximum atomic E-state index is 9.37. The summed E-state index contributed by atoms with van der Waals surface area (Å²) in [7, 11) is 0. The molecule has 0 radical (unpaired) electrons. The summed E-state index contributed by atoms with van der Waals surface area (Å²) in [6.45, 7) is 1.20. The van der Waals surface area contributed by atoms with Crippen LogP contribution in [0.4, 0.5) is 17.1 Å². The molecule has 0 saturated heterocycles. The van der Waals surface area contributed by atoms with Crippen LogP contribution >= 0.6 is 0 Å². The Balaban J connectivity index is 1.91. The van der Waals surface area contributed by atoms with Gasteiger partial charge >= 0.3 is 0 Å². The second kappa shape index (κ2) is 5.96. The number of aliphatic hydroxyl groups is 1. The van der Waals surface area contributed by atoms with E-state index in [4.69, 9.17) is 11.5 Å². The highest BCUT2D eigenvalue weighted by Crippen LogP contribution is 2.30. The summed E-state index contributed by atoms with van der Waals surface area (Å²) in [5, 5.41) is 12.8. The number of rotatable bonds is 4. The molecular formula is C14H23N3O. The number of nitrogens with two attached hydrogens (primary N) is 2. The zero-order valence-corrected chi connectivity index (χ0v) is 10.7. The summed E-state index contributed by atoms with van der Waals surface area (Å²) in [5.74, 6) is 1.000. The predicted molar refractivity (Wildman–Crippen MR) is 76.3 cm³/mol. The molecule has 1 saturated carbocycles. The largest absolute Gasteiger partial charge is 0.397 e. The molecule has 4 nitrogen and oxygen atoms in total. The molecule has 4 heteroatoms. The number of hydrogen-bond acceptors (Lipinski definition) is 4. The fourth-order valence-electron chi connectivity index (χ4n) is 2.73. The zero-order chi connectivity index (χ0) is 13.0. The minimum atomic E-state index is 0.302. The smallest absolute Gasteiger partial charge is 0.0568 e. The third kappa shape index (κ3) is 3.07. The summed E-state index contributed by atoms with van der Waals surface area (Å²) >= 11 is 0. The minimum Gasteiger partial charge on any atom is -0.397 e. The first-order chi connectivity index (χ1) is 8.70. The first-order valence-electron chi connectivity index (χ1n) is 6.70. The van der Waals surface area contributed by atoms with Crippen LogP contribution in [0, 0.1) is 11.8 Å². The maximum absolute atomic E-state index is 9.37. The average molecular weight is 249 g/mol. The van der Waals surface area contributed by atoms with E-state index in [2.05, 4.69) is 5.32 Å². The highest BCUT2D eigenvalue weighted by atomic mass is 16.3. The van der Waals surface area contributed by atoms with Crippen LogP contribution in [0.15, 0.2) is 18.2 Å². The molecule has 1 fully saturated rings. The highest BCUT2D eigenvalue weighted by molar-refractivity contribution is 5.69. The summed E-state index contributed by atoms with van der Waals surface area (Å²) in [6, 6.07) is 5.64. The molecule has 2 rings (SSSR count). The fraction of sp³-hybridized carbons (Fsp3) is 0.571. The van der Waals surface area contributed by atoms with Gasteiger partial charge in [-0.3, -0.25) is 0 Å². The van der Waals surface area contributed by atoms with Crippen LogP contribution in [0.25, 0.3) is 0 Å². The maximum Gasteiger partial charge on any atom is 0.0568 e. The van der Waals surface area contributed by atoms with Crippen molar-refractivity contribution in [2.75, 3.05) is 29.9 Å². The monoisotopic (exact) mass is 249 g/mol. The molecule has 0 heterocycles. The van der Waals surface area contributed by atoms with Crippen molar-refractivity contribution in [3.8, 4) is 0 Å². The molecule has 0 aliphatic heterocycles. The zero-order valence-electron chi connectivity index (χ0n) is 10.7. The van der Waals surface area contributed by atoms with Gasteiger partial charge in [0, 0.05) is 18.8 Å². The van der Waals surface area contributed by atoms with Gasteiger partial charge in [-0.25, -0.2) is 0 Å². The lowest BCUT2D eigenvalue weighted by atomic mass is 9.79. The van der Waals surface area contributed by atoms with Crippen LogP contribution in [0.3, 0.4) is 0 Å². The molecule has 2 atom stereocenters. The molecule has 18 heavy (non-hydrogen) atoms. The number of anilines is 3. The molecular weight excluding hydrogens is 226 g/mol. The Hall–Kier alpha value is -1.42. The first-order valence-corrected chi connectivity index (χ1v) is 6.70. The van der Waals surface area contributed by atoms with Gasteiger partial charge in [-0.15, -0.1) is 0 Å². The Morgan fingerprint density at radius 2 is 1.83 bits per heavy atom. The van der Waals surface area contributed by atoms with Crippen molar-refractivity contribution in [3.05, 3.63) is 18.2 Å². The average Bonchev–Trinajstić information content (AvgIpc) is 2.40. The van der Waals surface area contributed by atoms with E-state index in [9.17, 15) is 5.11 Å². The van der Waals surface area contributed by atoms with E-state index >= 15 is 0 Å². The topological polar surface area (TPSA) is 84.3 Å². The van der Waals surface area contributed by atoms with Crippen molar-refractivity contribution in [1.29, 1.82) is 0 Å². The number of benzene rings is 1. The van der Waals surface area contributed by atoms with Gasteiger partial charge in [-0.05, 0) is 42.9 Å². The molecule has 1 aromatic carbocycles. The van der Waals surface area contributed by atoms with Crippen molar-refractivity contribution < 1.29 is 5.11 Å². The van der Waals surface area contributed by atoms with Crippen LogP contribution in [0.2, 0.25) is 0 Å². The third-order valence-corrected chi connectivity index (χ3v) is 3.96. The van der Waals surface area contributed by atoms with E-state index in [1.165, 1.54) is 19.3 Å². The van der Waals surface area contributed by atoms with Gasteiger partial charge in [0.1, 0.15) is 0 Å². The number of nitrogens with one attached hydrogen (secondary N) is 1. The van der Waals surface area contributed by atoms with Crippen LogP contribution < -0.4 is 16.8 Å². The van der Waals surface area contributed by atoms with Gasteiger partial charge in [0.05, 0.1) is 11.4 Å². The van der Waals surface area contributed by atoms with Crippen LogP contribution in [-0.2, 0) is 0 Å². The standard InChI is InChI=1S/C14H23N3O/c15-13-6-5-12(7-14(13)16)17-8-10-3-1-2-4-11(10)9-18/h5-7,10-11,17-18H,1-4,8-9,15-16H2. The second-order valence-electron chi connectivity index (χ2n) is 5.21. The van der Waals surface area contributed by atoms with Crippen molar-refractivity contribution in [2.45, 2.75) is 25.7 Å². The van der Waals surface area contributed by atoms with Crippen LogP contribution in [0.1, 0.15) is 25.7 Å². The molecule has 1 aliphatic carbocycles. The normalized spacial score (nSPS) is 23.8. The molecule has 0 bridgehead atoms. The molecule has 100 valence electrons. The van der Waals surface area contributed by atoms with E-state index in [0.717, 1.165) is 18.7 Å². The Morgan fingerprint density at radius 1 is 1.11 bits per heavy atom. The van der Waals surface area contributed by atoms with E-state index < -0.39 is 0 Å². The number of hydrogen-bond donors (Lipinski definition) is 4. The Bertz CT molecular complexity index is 395. The fourth-order valence-corrected chi connectivity index (χ4v) is 2.73. The van der Waals surface area contributed by atoms with Gasteiger partial charge in [-0.2, -0.15) is 0 Å². The van der Waals surface area contributed by atoms with E-state index in [0.29, 0.717) is 29.8 Å². The van der Waals surface area contributed by atoms with Gasteiger partial charge < -0.3 is 21.9 Å². The van der Waals surface area contributed by atoms with Crippen LogP contribution in [0.5, 0.6) is 0 Å².